The van der Waals surface area contributed by atoms with E-state index in [0.29, 0.717) is 40.3 Å². The zero-order valence-corrected chi connectivity index (χ0v) is 18.2. The number of carboxylic acids is 1. The molecule has 9 nitrogen and oxygen atoms in total. The molecule has 1 aromatic heterocycles. The second-order valence-electron chi connectivity index (χ2n) is 7.80. The summed E-state index contributed by atoms with van der Waals surface area (Å²) < 4.78 is 0. The van der Waals surface area contributed by atoms with Crippen molar-refractivity contribution in [2.24, 2.45) is 15.9 Å². The fourth-order valence-electron chi connectivity index (χ4n) is 3.08. The van der Waals surface area contributed by atoms with Crippen LogP contribution in [0.4, 0.5) is 5.95 Å². The van der Waals surface area contributed by atoms with Gasteiger partial charge in [0.1, 0.15) is 5.71 Å². The van der Waals surface area contributed by atoms with Crippen LogP contribution in [0.2, 0.25) is 0 Å². The normalized spacial score (nSPS) is 12.0. The molecule has 33 heavy (non-hydrogen) atoms. The van der Waals surface area contributed by atoms with Gasteiger partial charge in [0.25, 0.3) is 0 Å². The van der Waals surface area contributed by atoms with Crippen molar-refractivity contribution < 1.29 is 9.90 Å². The van der Waals surface area contributed by atoms with Gasteiger partial charge in [-0.05, 0) is 43.2 Å². The van der Waals surface area contributed by atoms with Crippen molar-refractivity contribution in [1.29, 1.82) is 5.26 Å². The van der Waals surface area contributed by atoms with Gasteiger partial charge < -0.3 is 16.7 Å². The molecule has 9 heteroatoms. The largest absolute Gasteiger partial charge is 0.481 e. The van der Waals surface area contributed by atoms with E-state index in [-0.39, 0.29) is 5.95 Å². The smallest absolute Gasteiger partial charge is 0.313 e. The molecular formula is C24H23N7O2. The minimum Gasteiger partial charge on any atom is -0.481 e. The molecule has 0 atom stereocenters. The zero-order valence-electron chi connectivity index (χ0n) is 18.2. The predicted molar refractivity (Wildman–Crippen MR) is 127 cm³/mol. The van der Waals surface area contributed by atoms with Gasteiger partial charge in [-0.2, -0.15) is 10.4 Å². The van der Waals surface area contributed by atoms with Crippen molar-refractivity contribution in [2.45, 2.75) is 25.8 Å². The topological polar surface area (TPSA) is 164 Å². The Labute approximate surface area is 191 Å². The molecule has 0 aliphatic heterocycles. The summed E-state index contributed by atoms with van der Waals surface area (Å²) in [5.41, 5.74) is 8.79. The van der Waals surface area contributed by atoms with Crippen molar-refractivity contribution in [3.8, 4) is 17.3 Å². The molecule has 2 aromatic carbocycles. The number of rotatable bonds is 7. The van der Waals surface area contributed by atoms with Gasteiger partial charge in [-0.3, -0.25) is 9.79 Å². The van der Waals surface area contributed by atoms with Crippen LogP contribution in [0.25, 0.3) is 11.3 Å². The molecule has 0 saturated heterocycles. The maximum atomic E-state index is 11.5. The van der Waals surface area contributed by atoms with E-state index in [0.717, 1.165) is 5.56 Å². The summed E-state index contributed by atoms with van der Waals surface area (Å²) in [7, 11) is 0. The number of benzene rings is 2. The van der Waals surface area contributed by atoms with E-state index in [1.165, 1.54) is 6.21 Å². The van der Waals surface area contributed by atoms with Gasteiger partial charge >= 0.3 is 5.97 Å². The van der Waals surface area contributed by atoms with Gasteiger partial charge in [-0.25, -0.2) is 9.97 Å². The van der Waals surface area contributed by atoms with Gasteiger partial charge in [0.05, 0.1) is 41.2 Å². The summed E-state index contributed by atoms with van der Waals surface area (Å²) >= 11 is 0. The maximum absolute atomic E-state index is 11.5. The van der Waals surface area contributed by atoms with Crippen LogP contribution < -0.4 is 11.6 Å². The molecule has 0 spiro atoms. The molecule has 1 heterocycles. The first kappa shape index (κ1) is 23.1. The summed E-state index contributed by atoms with van der Waals surface area (Å²) in [5.74, 6) is 4.70. The Bertz CT molecular complexity index is 1290. The van der Waals surface area contributed by atoms with Crippen molar-refractivity contribution in [1.82, 2.24) is 9.97 Å². The Balaban J connectivity index is 1.84. The lowest BCUT2D eigenvalue weighted by molar-refractivity contribution is -0.142. The maximum Gasteiger partial charge on any atom is 0.313 e. The quantitative estimate of drug-likeness (QED) is 0.288. The number of hydrogen-bond acceptors (Lipinski definition) is 8. The van der Waals surface area contributed by atoms with Gasteiger partial charge in [-0.15, -0.1) is 0 Å². The predicted octanol–water partition coefficient (Wildman–Crippen LogP) is 2.89. The Kier molecular flexibility index (Phi) is 6.79. The van der Waals surface area contributed by atoms with Crippen LogP contribution in [-0.2, 0) is 16.8 Å². The van der Waals surface area contributed by atoms with Gasteiger partial charge in [-0.1, -0.05) is 36.4 Å². The van der Waals surface area contributed by atoms with Crippen molar-refractivity contribution in [2.75, 3.05) is 5.73 Å². The average molecular weight is 441 g/mol. The van der Waals surface area contributed by atoms with Crippen LogP contribution in [0.3, 0.4) is 0 Å². The van der Waals surface area contributed by atoms with Crippen molar-refractivity contribution >= 4 is 23.8 Å². The molecule has 0 saturated carbocycles. The van der Waals surface area contributed by atoms with Crippen LogP contribution in [0.1, 0.15) is 36.2 Å². The van der Waals surface area contributed by atoms with E-state index in [9.17, 15) is 9.90 Å². The summed E-state index contributed by atoms with van der Waals surface area (Å²) in [5, 5.41) is 22.4. The highest BCUT2D eigenvalue weighted by molar-refractivity contribution is 6.37. The summed E-state index contributed by atoms with van der Waals surface area (Å²) in [4.78, 5) is 24.4. The molecule has 3 aromatic rings. The molecule has 0 fully saturated rings. The second-order valence-corrected chi connectivity index (χ2v) is 7.80. The summed E-state index contributed by atoms with van der Waals surface area (Å²) in [6.07, 6.45) is 1.48. The fourth-order valence-corrected chi connectivity index (χ4v) is 3.08. The monoisotopic (exact) mass is 441 g/mol. The first-order valence-corrected chi connectivity index (χ1v) is 10.0. The number of nitriles is 1. The first-order valence-electron chi connectivity index (χ1n) is 10.0. The highest BCUT2D eigenvalue weighted by Gasteiger charge is 2.29. The highest BCUT2D eigenvalue weighted by Crippen LogP contribution is 2.24. The minimum atomic E-state index is -1.01. The zero-order chi connectivity index (χ0) is 24.0. The number of aliphatic carboxylic acids is 1. The van der Waals surface area contributed by atoms with E-state index in [1.807, 2.05) is 18.2 Å². The number of carbonyl (C=O) groups is 1. The fraction of sp³-hybridized carbons (Fsp3) is 0.167. The van der Waals surface area contributed by atoms with Gasteiger partial charge in [0.15, 0.2) is 0 Å². The van der Waals surface area contributed by atoms with Gasteiger partial charge in [0, 0.05) is 5.56 Å². The molecule has 166 valence electrons. The van der Waals surface area contributed by atoms with E-state index >= 15 is 0 Å². The second kappa shape index (κ2) is 9.70. The number of nitrogens with zero attached hydrogens (tertiary/aromatic N) is 5. The molecular weight excluding hydrogens is 418 g/mol. The van der Waals surface area contributed by atoms with Crippen LogP contribution in [0.5, 0.6) is 0 Å². The third kappa shape index (κ3) is 5.37. The molecule has 0 radical (unpaired) electrons. The molecule has 0 bridgehead atoms. The molecule has 0 amide bonds. The first-order chi connectivity index (χ1) is 15.7. The third-order valence-electron chi connectivity index (χ3n) is 5.10. The minimum absolute atomic E-state index is 0.0306. The number of aromatic nitrogens is 2. The van der Waals surface area contributed by atoms with Crippen molar-refractivity contribution in [3.05, 3.63) is 77.0 Å². The SMILES string of the molecule is CC(C)(C(=O)O)c1cccc(CN=CC(=NN)c2cc(-c3cccc(C#N)c3)nc(N)n2)c1. The number of carboxylic acid groups (broad SMARTS) is 1. The summed E-state index contributed by atoms with van der Waals surface area (Å²) in [6, 6.07) is 18.0. The molecule has 3 rings (SSSR count). The van der Waals surface area contributed by atoms with E-state index < -0.39 is 11.4 Å². The highest BCUT2D eigenvalue weighted by atomic mass is 16.4. The average Bonchev–Trinajstić information content (AvgIpc) is 2.81. The molecule has 0 aliphatic carbocycles. The molecule has 0 unspecified atom stereocenters. The number of hydrogen-bond donors (Lipinski definition) is 3. The number of nitrogens with two attached hydrogens (primary N) is 2. The third-order valence-corrected chi connectivity index (χ3v) is 5.10. The van der Waals surface area contributed by atoms with Gasteiger partial charge in [0.2, 0.25) is 5.95 Å². The standard InChI is InChI=1S/C24H23N7O2/c1-24(2,22(32)33)18-8-4-6-16(10-18)13-28-14-21(31-27)20-11-19(29-23(26)30-20)17-7-3-5-15(9-17)12-25/h3-11,14H,13,27H2,1-2H3,(H,32,33)(H2,26,29,30). The molecule has 0 aliphatic rings. The number of aliphatic imine (C=N–C) groups is 1. The lowest BCUT2D eigenvalue weighted by Crippen LogP contribution is -2.28. The van der Waals surface area contributed by atoms with E-state index in [2.05, 4.69) is 26.1 Å². The van der Waals surface area contributed by atoms with E-state index in [4.69, 9.17) is 16.8 Å². The van der Waals surface area contributed by atoms with Crippen LogP contribution in [0, 0.1) is 11.3 Å². The van der Waals surface area contributed by atoms with E-state index in [1.54, 1.807) is 50.2 Å². The number of hydrazone groups is 1. The number of anilines is 1. The lowest BCUT2D eigenvalue weighted by atomic mass is 9.84. The van der Waals surface area contributed by atoms with Crippen LogP contribution in [0.15, 0.2) is 64.7 Å². The lowest BCUT2D eigenvalue weighted by Gasteiger charge is -2.20. The van der Waals surface area contributed by atoms with Crippen LogP contribution in [-0.4, -0.2) is 33.0 Å². The van der Waals surface area contributed by atoms with Crippen molar-refractivity contribution in [3.63, 3.8) is 0 Å². The Morgan fingerprint density at radius 2 is 1.94 bits per heavy atom. The number of nitrogen functional groups attached to an aromatic ring is 1. The Morgan fingerprint density at radius 1 is 1.18 bits per heavy atom. The van der Waals surface area contributed by atoms with Crippen LogP contribution >= 0.6 is 0 Å². The molecule has 5 N–H and O–H groups in total. The summed E-state index contributed by atoms with van der Waals surface area (Å²) in [6.45, 7) is 3.60. The Hall–Kier alpha value is -4.58. The Morgan fingerprint density at radius 3 is 2.64 bits per heavy atom.